The average Bonchev–Trinajstić information content (AvgIpc) is 3.02. The maximum atomic E-state index is 11.7. The van der Waals surface area contributed by atoms with E-state index in [9.17, 15) is 19.5 Å². The number of nitrogens with zero attached hydrogens (tertiary/aromatic N) is 1. The zero-order valence-electron chi connectivity index (χ0n) is 23.4. The monoisotopic (exact) mass is 598 g/mol. The van der Waals surface area contributed by atoms with Crippen molar-refractivity contribution >= 4 is 45.2 Å². The minimum Gasteiger partial charge on any atom is -0.481 e. The zero-order valence-corrected chi connectivity index (χ0v) is 24.1. The quantitative estimate of drug-likeness (QED) is 0.189. The fourth-order valence-corrected chi connectivity index (χ4v) is 5.48. The van der Waals surface area contributed by atoms with E-state index in [2.05, 4.69) is 22.1 Å². The topological polar surface area (TPSA) is 141 Å². The number of carboxylic acid groups (broad SMARTS) is 2. The van der Waals surface area contributed by atoms with Crippen molar-refractivity contribution in [3.8, 4) is 11.1 Å². The second-order valence-corrected chi connectivity index (χ2v) is 10.6. The number of pyridine rings is 2. The van der Waals surface area contributed by atoms with Crippen LogP contribution in [0.4, 0.5) is 0 Å². The highest BCUT2D eigenvalue weighted by Crippen LogP contribution is 2.45. The number of allylic oxidation sites excluding steroid dienone is 1. The summed E-state index contributed by atoms with van der Waals surface area (Å²) in [6.45, 7) is 0.881. The number of benzene rings is 3. The lowest BCUT2D eigenvalue weighted by Gasteiger charge is -2.39. The van der Waals surface area contributed by atoms with Gasteiger partial charge in [-0.25, -0.2) is 0 Å². The molecule has 0 fully saturated rings. The van der Waals surface area contributed by atoms with Crippen LogP contribution in [0, 0.1) is 17.3 Å². The number of carboxylic acids is 2. The molecule has 43 heavy (non-hydrogen) atoms. The molecule has 3 aromatic carbocycles. The van der Waals surface area contributed by atoms with Crippen LogP contribution < -0.4 is 5.56 Å². The highest BCUT2D eigenvalue weighted by molar-refractivity contribution is 6.31. The average molecular weight is 599 g/mol. The van der Waals surface area contributed by atoms with Gasteiger partial charge in [0.2, 0.25) is 0 Å². The summed E-state index contributed by atoms with van der Waals surface area (Å²) >= 11 is 5.77. The van der Waals surface area contributed by atoms with E-state index in [1.807, 2.05) is 85.1 Å². The van der Waals surface area contributed by atoms with Gasteiger partial charge in [-0.3, -0.25) is 19.4 Å². The van der Waals surface area contributed by atoms with Crippen LogP contribution in [0.5, 0.6) is 0 Å². The van der Waals surface area contributed by atoms with Crippen LogP contribution in [0.25, 0.3) is 32.8 Å². The minimum absolute atomic E-state index is 0.0414. The van der Waals surface area contributed by atoms with Crippen LogP contribution >= 0.6 is 11.6 Å². The summed E-state index contributed by atoms with van der Waals surface area (Å²) in [6, 6.07) is 29.8. The third-order valence-corrected chi connectivity index (χ3v) is 8.10. The number of para-hydroxylation sites is 1. The summed E-state index contributed by atoms with van der Waals surface area (Å²) < 4.78 is 0. The van der Waals surface area contributed by atoms with Crippen molar-refractivity contribution in [2.45, 2.75) is 13.3 Å². The van der Waals surface area contributed by atoms with Gasteiger partial charge in [-0.05, 0) is 41.5 Å². The van der Waals surface area contributed by atoms with Crippen molar-refractivity contribution in [1.82, 2.24) is 9.97 Å². The van der Waals surface area contributed by atoms with Gasteiger partial charge in [0.1, 0.15) is 0 Å². The van der Waals surface area contributed by atoms with Crippen LogP contribution in [0.3, 0.4) is 0 Å². The van der Waals surface area contributed by atoms with Gasteiger partial charge in [0, 0.05) is 33.8 Å². The number of aliphatic hydroxyl groups excluding tert-OH is 1. The first-order valence-corrected chi connectivity index (χ1v) is 14.0. The van der Waals surface area contributed by atoms with Crippen molar-refractivity contribution < 1.29 is 24.9 Å². The molecule has 2 aromatic heterocycles. The molecule has 9 heteroatoms. The van der Waals surface area contributed by atoms with Gasteiger partial charge >= 0.3 is 11.9 Å². The molecule has 0 spiro atoms. The maximum absolute atomic E-state index is 11.7. The van der Waals surface area contributed by atoms with Crippen molar-refractivity contribution in [2.24, 2.45) is 17.3 Å². The van der Waals surface area contributed by atoms with E-state index >= 15 is 0 Å². The number of aliphatic carboxylic acids is 2. The van der Waals surface area contributed by atoms with Crippen LogP contribution in [0.1, 0.15) is 13.3 Å². The Kier molecular flexibility index (Phi) is 10.1. The van der Waals surface area contributed by atoms with Crippen molar-refractivity contribution in [2.75, 3.05) is 6.61 Å². The summed E-state index contributed by atoms with van der Waals surface area (Å²) in [5.74, 6) is -4.20. The number of H-pyrrole nitrogens is 1. The molecule has 220 valence electrons. The number of aromatic nitrogens is 2. The first-order chi connectivity index (χ1) is 20.7. The molecule has 8 nitrogen and oxygen atoms in total. The van der Waals surface area contributed by atoms with Gasteiger partial charge in [0.05, 0.1) is 23.5 Å². The molecule has 3 atom stereocenters. The molecule has 5 aromatic rings. The smallest absolute Gasteiger partial charge is 0.312 e. The van der Waals surface area contributed by atoms with Crippen molar-refractivity contribution in [1.29, 1.82) is 0 Å². The standard InChI is InChI=1S/C15H11NO.C10H13ClO5.C9H7N/c17-15-13-9-5-4-8-12(13)14(10-16-15)11-6-2-1-3-7-11;1-5-7(8(13)14)6(11)2-3-10(5,4-12)9(15)16;1-2-6-9-8(4-1)5-3-7-10-9/h1-10H,(H,16,17);2,5,7,12H,3-4H2,1H3,(H,13,14)(H,15,16);1-7H. The third kappa shape index (κ3) is 6.83. The van der Waals surface area contributed by atoms with Gasteiger partial charge < -0.3 is 20.3 Å². The molecule has 4 N–H and O–H groups in total. The molecule has 3 unspecified atom stereocenters. The summed E-state index contributed by atoms with van der Waals surface area (Å²) in [4.78, 5) is 40.8. The minimum atomic E-state index is -1.46. The molecule has 0 saturated carbocycles. The molecule has 6 rings (SSSR count). The Morgan fingerprint density at radius 2 is 1.56 bits per heavy atom. The van der Waals surface area contributed by atoms with E-state index in [0.29, 0.717) is 0 Å². The molecule has 0 bridgehead atoms. The Bertz CT molecular complexity index is 1760. The molecule has 2 heterocycles. The summed E-state index contributed by atoms with van der Waals surface area (Å²) in [5, 5.41) is 30.4. The first-order valence-electron chi connectivity index (χ1n) is 13.6. The molecule has 0 aliphatic heterocycles. The number of aromatic amines is 1. The van der Waals surface area contributed by atoms with Crippen molar-refractivity contribution in [3.63, 3.8) is 0 Å². The van der Waals surface area contributed by atoms with E-state index < -0.39 is 35.8 Å². The second kappa shape index (κ2) is 13.9. The number of fused-ring (bicyclic) bond motifs is 2. The Labute approximate surface area is 252 Å². The van der Waals surface area contributed by atoms with Crippen molar-refractivity contribution in [3.05, 3.63) is 125 Å². The Morgan fingerprint density at radius 3 is 2.21 bits per heavy atom. The van der Waals surface area contributed by atoms with E-state index in [-0.39, 0.29) is 17.0 Å². The van der Waals surface area contributed by atoms with Gasteiger partial charge in [0.25, 0.3) is 5.56 Å². The first kappa shape index (κ1) is 31.2. The lowest BCUT2D eigenvalue weighted by molar-refractivity contribution is -0.160. The number of rotatable bonds is 4. The molecule has 1 aliphatic rings. The van der Waals surface area contributed by atoms with Gasteiger partial charge in [-0.15, -0.1) is 0 Å². The predicted molar refractivity (Wildman–Crippen MR) is 168 cm³/mol. The second-order valence-electron chi connectivity index (χ2n) is 10.2. The van der Waals surface area contributed by atoms with Crippen LogP contribution in [0.15, 0.2) is 119 Å². The highest BCUT2D eigenvalue weighted by atomic mass is 35.5. The number of carbonyl (C=O) groups is 2. The predicted octanol–water partition coefficient (Wildman–Crippen LogP) is 6.34. The van der Waals surface area contributed by atoms with Gasteiger partial charge in [-0.2, -0.15) is 0 Å². The Balaban J connectivity index is 0.000000152. The van der Waals surface area contributed by atoms with Gasteiger partial charge in [-0.1, -0.05) is 97.4 Å². The van der Waals surface area contributed by atoms with E-state index in [1.165, 1.54) is 18.4 Å². The molecule has 0 saturated heterocycles. The van der Waals surface area contributed by atoms with E-state index in [0.717, 1.165) is 27.4 Å². The zero-order chi connectivity index (χ0) is 31.0. The SMILES string of the molecule is CC1C(C(=O)O)C(Cl)=CCC1(CO)C(=O)O.O=c1[nH]cc(-c2ccccc2)c2ccccc12.c1ccc2ncccc2c1. The molecular weight excluding hydrogens is 568 g/mol. The highest BCUT2D eigenvalue weighted by Gasteiger charge is 2.51. The van der Waals surface area contributed by atoms with E-state index in [4.69, 9.17) is 21.8 Å². The molecule has 1 aliphatic carbocycles. The van der Waals surface area contributed by atoms with E-state index in [1.54, 1.807) is 6.20 Å². The molecule has 0 radical (unpaired) electrons. The lowest BCUT2D eigenvalue weighted by atomic mass is 9.65. The summed E-state index contributed by atoms with van der Waals surface area (Å²) in [7, 11) is 0. The number of hydrogen-bond donors (Lipinski definition) is 4. The Morgan fingerprint density at radius 1 is 0.930 bits per heavy atom. The number of halogens is 1. The third-order valence-electron chi connectivity index (χ3n) is 7.71. The van der Waals surface area contributed by atoms with Crippen LogP contribution in [-0.4, -0.2) is 43.8 Å². The number of aliphatic hydroxyl groups is 1. The van der Waals surface area contributed by atoms with Crippen LogP contribution in [-0.2, 0) is 9.59 Å². The summed E-state index contributed by atoms with van der Waals surface area (Å²) in [5.41, 5.74) is 1.73. The fourth-order valence-electron chi connectivity index (χ4n) is 5.12. The maximum Gasteiger partial charge on any atom is 0.312 e. The molecular formula is C34H31ClN2O6. The van der Waals surface area contributed by atoms with Crippen LogP contribution in [0.2, 0.25) is 0 Å². The molecule has 0 amide bonds. The van der Waals surface area contributed by atoms with Gasteiger partial charge in [0.15, 0.2) is 0 Å². The number of hydrogen-bond acceptors (Lipinski definition) is 5. The normalized spacial score (nSPS) is 19.3. The summed E-state index contributed by atoms with van der Waals surface area (Å²) in [6.07, 6.45) is 5.00. The largest absolute Gasteiger partial charge is 0.481 e. The Hall–Kier alpha value is -4.79. The fraction of sp³-hybridized carbons (Fsp3) is 0.176. The lowest BCUT2D eigenvalue weighted by Crippen LogP contribution is -2.47. The number of nitrogens with one attached hydrogen (secondary N) is 1.